The molecule has 0 saturated carbocycles. The van der Waals surface area contributed by atoms with Gasteiger partial charge in [0.05, 0.1) is 10.3 Å². The fourth-order valence-electron chi connectivity index (χ4n) is 1.58. The minimum absolute atomic E-state index is 0.178. The summed E-state index contributed by atoms with van der Waals surface area (Å²) in [5.41, 5.74) is -1.21. The van der Waals surface area contributed by atoms with Crippen molar-refractivity contribution < 1.29 is 14.4 Å². The van der Waals surface area contributed by atoms with E-state index in [-0.39, 0.29) is 6.54 Å². The van der Waals surface area contributed by atoms with Crippen LogP contribution in [0.1, 0.15) is 18.7 Å². The molecule has 18 heavy (non-hydrogen) atoms. The number of halogens is 1. The van der Waals surface area contributed by atoms with Crippen molar-refractivity contribution in [1.29, 1.82) is 0 Å². The van der Waals surface area contributed by atoms with Crippen molar-refractivity contribution >= 4 is 45.1 Å². The normalized spacial score (nSPS) is 19.1. The molecule has 1 N–H and O–H groups in total. The van der Waals surface area contributed by atoms with E-state index in [1.54, 1.807) is 0 Å². The van der Waals surface area contributed by atoms with Gasteiger partial charge in [-0.3, -0.25) is 19.8 Å². The lowest BCUT2D eigenvalue weighted by molar-refractivity contribution is -0.149. The van der Waals surface area contributed by atoms with E-state index in [0.29, 0.717) is 0 Å². The van der Waals surface area contributed by atoms with Crippen LogP contribution in [-0.4, -0.2) is 22.7 Å². The summed E-state index contributed by atoms with van der Waals surface area (Å²) < 4.78 is 0.928. The van der Waals surface area contributed by atoms with Crippen LogP contribution in [0.2, 0.25) is 0 Å². The third kappa shape index (κ3) is 2.20. The number of hydrogen-bond acceptors (Lipinski definition) is 4. The molecular weight excluding hydrogens is 320 g/mol. The van der Waals surface area contributed by atoms with Gasteiger partial charge in [-0.05, 0) is 41.9 Å². The summed E-state index contributed by atoms with van der Waals surface area (Å²) in [5, 5.41) is 2.20. The smallest absolute Gasteiger partial charge is 0.277 e. The maximum Gasteiger partial charge on any atom is 0.331 e. The molecular formula is C11H11BrN2O3S. The Labute approximate surface area is 116 Å². The largest absolute Gasteiger partial charge is 0.331 e. The third-order valence-electron chi connectivity index (χ3n) is 2.76. The monoisotopic (exact) mass is 330 g/mol. The second-order valence-corrected chi connectivity index (χ2v) is 7.03. The quantitative estimate of drug-likeness (QED) is 0.844. The molecule has 0 bridgehead atoms. The van der Waals surface area contributed by atoms with Gasteiger partial charge in [0.2, 0.25) is 11.8 Å². The Balaban J connectivity index is 2.24. The van der Waals surface area contributed by atoms with Crippen molar-refractivity contribution in [3.8, 4) is 0 Å². The highest BCUT2D eigenvalue weighted by atomic mass is 79.9. The molecule has 0 atom stereocenters. The summed E-state index contributed by atoms with van der Waals surface area (Å²) in [6.45, 7) is 3.19. The SMILES string of the molecule is CC1(C)C(=O)NC(=O)N(Cc2ccc(Br)s2)C1=O. The minimum atomic E-state index is -1.21. The second-order valence-electron chi connectivity index (χ2n) is 4.48. The highest BCUT2D eigenvalue weighted by molar-refractivity contribution is 9.11. The van der Waals surface area contributed by atoms with E-state index in [2.05, 4.69) is 21.2 Å². The molecule has 1 aliphatic heterocycles. The number of urea groups is 1. The summed E-state index contributed by atoms with van der Waals surface area (Å²) >= 11 is 4.76. The fourth-order valence-corrected chi connectivity index (χ4v) is 3.06. The topological polar surface area (TPSA) is 66.5 Å². The van der Waals surface area contributed by atoms with Crippen molar-refractivity contribution in [2.45, 2.75) is 20.4 Å². The van der Waals surface area contributed by atoms with E-state index < -0.39 is 23.3 Å². The molecule has 1 saturated heterocycles. The Hall–Kier alpha value is -1.21. The zero-order chi connectivity index (χ0) is 13.5. The first kappa shape index (κ1) is 13.2. The summed E-state index contributed by atoms with van der Waals surface area (Å²) in [5.74, 6) is -1.03. The molecule has 0 aliphatic carbocycles. The zero-order valence-electron chi connectivity index (χ0n) is 9.82. The first-order valence-electron chi connectivity index (χ1n) is 5.24. The lowest BCUT2D eigenvalue weighted by Crippen LogP contribution is -2.61. The molecule has 5 nitrogen and oxygen atoms in total. The number of carbonyl (C=O) groups excluding carboxylic acids is 3. The predicted molar refractivity (Wildman–Crippen MR) is 69.9 cm³/mol. The minimum Gasteiger partial charge on any atom is -0.277 e. The highest BCUT2D eigenvalue weighted by Gasteiger charge is 2.46. The summed E-state index contributed by atoms with van der Waals surface area (Å²) in [4.78, 5) is 37.3. The Kier molecular flexibility index (Phi) is 3.29. The molecule has 96 valence electrons. The first-order valence-corrected chi connectivity index (χ1v) is 6.85. The van der Waals surface area contributed by atoms with Gasteiger partial charge in [-0.15, -0.1) is 11.3 Å². The molecule has 0 aromatic carbocycles. The van der Waals surface area contributed by atoms with E-state index in [4.69, 9.17) is 0 Å². The van der Waals surface area contributed by atoms with Gasteiger partial charge < -0.3 is 0 Å². The Morgan fingerprint density at radius 2 is 2.00 bits per heavy atom. The molecule has 0 unspecified atom stereocenters. The van der Waals surface area contributed by atoms with Gasteiger partial charge in [0.25, 0.3) is 0 Å². The lowest BCUT2D eigenvalue weighted by atomic mass is 9.89. The van der Waals surface area contributed by atoms with Crippen LogP contribution in [0, 0.1) is 5.41 Å². The van der Waals surface area contributed by atoms with Crippen molar-refractivity contribution in [3.63, 3.8) is 0 Å². The second kappa shape index (κ2) is 4.47. The summed E-state index contributed by atoms with van der Waals surface area (Å²) in [7, 11) is 0. The van der Waals surface area contributed by atoms with E-state index >= 15 is 0 Å². The van der Waals surface area contributed by atoms with Gasteiger partial charge in [0.15, 0.2) is 0 Å². The van der Waals surface area contributed by atoms with Crippen LogP contribution < -0.4 is 5.32 Å². The Morgan fingerprint density at radius 3 is 2.56 bits per heavy atom. The predicted octanol–water partition coefficient (Wildman–Crippen LogP) is 2.12. The molecule has 7 heteroatoms. The van der Waals surface area contributed by atoms with Crippen LogP contribution in [0.3, 0.4) is 0 Å². The van der Waals surface area contributed by atoms with Gasteiger partial charge in [0, 0.05) is 4.88 Å². The average molecular weight is 331 g/mol. The molecule has 1 fully saturated rings. The highest BCUT2D eigenvalue weighted by Crippen LogP contribution is 2.28. The zero-order valence-corrected chi connectivity index (χ0v) is 12.2. The van der Waals surface area contributed by atoms with Gasteiger partial charge in [-0.25, -0.2) is 4.79 Å². The molecule has 4 amide bonds. The maximum atomic E-state index is 12.1. The van der Waals surface area contributed by atoms with Crippen LogP contribution in [0.25, 0.3) is 0 Å². The van der Waals surface area contributed by atoms with Crippen LogP contribution in [0.15, 0.2) is 15.9 Å². The van der Waals surface area contributed by atoms with Gasteiger partial charge in [-0.1, -0.05) is 0 Å². The van der Waals surface area contributed by atoms with E-state index in [1.165, 1.54) is 25.2 Å². The molecule has 0 radical (unpaired) electrons. The number of nitrogens with zero attached hydrogens (tertiary/aromatic N) is 1. The molecule has 2 rings (SSSR count). The van der Waals surface area contributed by atoms with Crippen LogP contribution in [-0.2, 0) is 16.1 Å². The first-order chi connectivity index (χ1) is 8.32. The number of amides is 4. The van der Waals surface area contributed by atoms with E-state index in [1.807, 2.05) is 12.1 Å². The molecule has 1 aromatic heterocycles. The van der Waals surface area contributed by atoms with Crippen molar-refractivity contribution in [1.82, 2.24) is 10.2 Å². The number of thiophene rings is 1. The summed E-state index contributed by atoms with van der Waals surface area (Å²) in [6.07, 6.45) is 0. The fraction of sp³-hybridized carbons (Fsp3) is 0.364. The molecule has 1 aromatic rings. The Morgan fingerprint density at radius 1 is 1.33 bits per heavy atom. The number of nitrogens with one attached hydrogen (secondary N) is 1. The standard InChI is InChI=1S/C11H11BrN2O3S/c1-11(2)8(15)13-10(17)14(9(11)16)5-6-3-4-7(12)18-6/h3-4H,5H2,1-2H3,(H,13,15,17). The maximum absolute atomic E-state index is 12.1. The number of imide groups is 2. The average Bonchev–Trinajstić information content (AvgIpc) is 2.68. The van der Waals surface area contributed by atoms with Crippen molar-refractivity contribution in [2.75, 3.05) is 0 Å². The van der Waals surface area contributed by atoms with Gasteiger partial charge >= 0.3 is 6.03 Å². The molecule has 0 spiro atoms. The summed E-state index contributed by atoms with van der Waals surface area (Å²) in [6, 6.07) is 3.02. The number of hydrogen-bond donors (Lipinski definition) is 1. The number of rotatable bonds is 2. The van der Waals surface area contributed by atoms with Crippen LogP contribution in [0.5, 0.6) is 0 Å². The lowest BCUT2D eigenvalue weighted by Gasteiger charge is -2.34. The van der Waals surface area contributed by atoms with Crippen molar-refractivity contribution in [3.05, 3.63) is 20.8 Å². The van der Waals surface area contributed by atoms with Crippen LogP contribution in [0.4, 0.5) is 4.79 Å². The van der Waals surface area contributed by atoms with Gasteiger partial charge in [-0.2, -0.15) is 0 Å². The van der Waals surface area contributed by atoms with E-state index in [0.717, 1.165) is 13.6 Å². The van der Waals surface area contributed by atoms with Crippen LogP contribution >= 0.6 is 27.3 Å². The molecule has 1 aliphatic rings. The van der Waals surface area contributed by atoms with Gasteiger partial charge in [0.1, 0.15) is 5.41 Å². The van der Waals surface area contributed by atoms with Crippen molar-refractivity contribution in [2.24, 2.45) is 5.41 Å². The molecule has 2 heterocycles. The Bertz CT molecular complexity index is 538. The number of barbiturate groups is 1. The third-order valence-corrected chi connectivity index (χ3v) is 4.36. The number of carbonyl (C=O) groups is 3. The van der Waals surface area contributed by atoms with E-state index in [9.17, 15) is 14.4 Å².